The zero-order valence-corrected chi connectivity index (χ0v) is 17.5. The second kappa shape index (κ2) is 9.09. The normalized spacial score (nSPS) is 11.1. The molecule has 33 heavy (non-hydrogen) atoms. The van der Waals surface area contributed by atoms with Crippen LogP contribution in [-0.4, -0.2) is 17.1 Å². The molecule has 166 valence electrons. The first kappa shape index (κ1) is 22.0. The van der Waals surface area contributed by atoms with Gasteiger partial charge in [0.1, 0.15) is 23.9 Å². The van der Waals surface area contributed by atoms with Crippen molar-refractivity contribution < 1.29 is 22.6 Å². The van der Waals surface area contributed by atoms with Crippen LogP contribution in [0.4, 0.5) is 13.2 Å². The summed E-state index contributed by atoms with van der Waals surface area (Å²) in [5, 5.41) is 8.88. The maximum Gasteiger partial charge on any atom is 0.416 e. The van der Waals surface area contributed by atoms with Crippen LogP contribution >= 0.6 is 0 Å². The first-order chi connectivity index (χ1) is 15.9. The molecule has 8 heteroatoms. The predicted molar refractivity (Wildman–Crippen MR) is 117 cm³/mol. The molecular weight excluding hydrogens is 431 g/mol. The number of hydrogen-bond donors (Lipinski definition) is 1. The van der Waals surface area contributed by atoms with Gasteiger partial charge in [-0.15, -0.1) is 0 Å². The lowest BCUT2D eigenvalue weighted by molar-refractivity contribution is -0.137. The zero-order valence-electron chi connectivity index (χ0n) is 17.5. The van der Waals surface area contributed by atoms with Gasteiger partial charge in [0.25, 0.3) is 0 Å². The lowest BCUT2D eigenvalue weighted by Crippen LogP contribution is -2.04. The van der Waals surface area contributed by atoms with E-state index in [4.69, 9.17) is 14.7 Å². The molecular formula is C25H18F3N3O2. The number of hydrogen-bond acceptors (Lipinski definition) is 4. The number of methoxy groups -OCH3 is 1. The quantitative estimate of drug-likeness (QED) is 0.379. The molecule has 1 heterocycles. The summed E-state index contributed by atoms with van der Waals surface area (Å²) in [5.41, 5.74) is 2.27. The minimum atomic E-state index is -4.43. The molecule has 1 N–H and O–H groups in total. The van der Waals surface area contributed by atoms with Crippen molar-refractivity contribution in [1.82, 2.24) is 9.97 Å². The second-order valence-corrected chi connectivity index (χ2v) is 7.17. The Labute approximate surface area is 188 Å². The number of benzene rings is 3. The average Bonchev–Trinajstić information content (AvgIpc) is 3.32. The summed E-state index contributed by atoms with van der Waals surface area (Å²) in [6.45, 7) is 0.316. The number of rotatable bonds is 6. The largest absolute Gasteiger partial charge is 0.496 e. The Morgan fingerprint density at radius 3 is 2.52 bits per heavy atom. The van der Waals surface area contributed by atoms with Crippen molar-refractivity contribution in [3.63, 3.8) is 0 Å². The first-order valence-corrected chi connectivity index (χ1v) is 9.90. The molecule has 4 rings (SSSR count). The molecule has 0 aliphatic rings. The van der Waals surface area contributed by atoms with Crippen molar-refractivity contribution in [2.75, 3.05) is 7.11 Å². The Balaban J connectivity index is 1.54. The molecule has 0 spiro atoms. The van der Waals surface area contributed by atoms with Gasteiger partial charge in [-0.1, -0.05) is 24.3 Å². The molecule has 0 bridgehead atoms. The highest BCUT2D eigenvalue weighted by atomic mass is 19.4. The van der Waals surface area contributed by atoms with E-state index in [1.54, 1.807) is 42.6 Å². The molecule has 0 aliphatic heterocycles. The van der Waals surface area contributed by atoms with Crippen molar-refractivity contribution in [2.45, 2.75) is 12.8 Å². The number of H-pyrrole nitrogens is 1. The first-order valence-electron chi connectivity index (χ1n) is 9.90. The van der Waals surface area contributed by atoms with Gasteiger partial charge in [0.2, 0.25) is 0 Å². The van der Waals surface area contributed by atoms with E-state index in [-0.39, 0.29) is 0 Å². The SMILES string of the molecule is COc1cc(OCc2ccc(C#N)cc2)ccc1-c1c[nH]c(-c2cccc(C(F)(F)F)c2)n1. The highest BCUT2D eigenvalue weighted by Crippen LogP contribution is 2.35. The topological polar surface area (TPSA) is 70.9 Å². The third-order valence-corrected chi connectivity index (χ3v) is 4.98. The van der Waals surface area contributed by atoms with Gasteiger partial charge < -0.3 is 14.5 Å². The van der Waals surface area contributed by atoms with Gasteiger partial charge in [-0.05, 0) is 42.0 Å². The molecule has 0 aliphatic carbocycles. The van der Waals surface area contributed by atoms with E-state index in [0.717, 1.165) is 17.7 Å². The van der Waals surface area contributed by atoms with Crippen molar-refractivity contribution >= 4 is 0 Å². The maximum absolute atomic E-state index is 13.0. The molecule has 1 aromatic heterocycles. The highest BCUT2D eigenvalue weighted by molar-refractivity contribution is 5.71. The van der Waals surface area contributed by atoms with Crippen molar-refractivity contribution in [2.24, 2.45) is 0 Å². The average molecular weight is 449 g/mol. The van der Waals surface area contributed by atoms with Gasteiger partial charge in [0, 0.05) is 23.4 Å². The monoisotopic (exact) mass is 449 g/mol. The molecule has 0 atom stereocenters. The predicted octanol–water partition coefficient (Wildman–Crippen LogP) is 6.22. The molecule has 5 nitrogen and oxygen atoms in total. The summed E-state index contributed by atoms with van der Waals surface area (Å²) >= 11 is 0. The van der Waals surface area contributed by atoms with Crippen LogP contribution in [0.1, 0.15) is 16.7 Å². The van der Waals surface area contributed by atoms with E-state index in [2.05, 4.69) is 16.0 Å². The van der Waals surface area contributed by atoms with Crippen molar-refractivity contribution in [3.8, 4) is 40.2 Å². The number of ether oxygens (including phenoxy) is 2. The van der Waals surface area contributed by atoms with Gasteiger partial charge in [-0.3, -0.25) is 0 Å². The number of halogens is 3. The van der Waals surface area contributed by atoms with Gasteiger partial charge in [0.05, 0.1) is 30.0 Å². The van der Waals surface area contributed by atoms with Crippen LogP contribution in [0.2, 0.25) is 0 Å². The van der Waals surface area contributed by atoms with E-state index in [1.807, 2.05) is 12.1 Å². The van der Waals surface area contributed by atoms with E-state index < -0.39 is 11.7 Å². The summed E-state index contributed by atoms with van der Waals surface area (Å²) < 4.78 is 50.4. The fourth-order valence-corrected chi connectivity index (χ4v) is 3.27. The second-order valence-electron chi connectivity index (χ2n) is 7.17. The molecule has 4 aromatic rings. The molecule has 0 saturated carbocycles. The van der Waals surface area contributed by atoms with Gasteiger partial charge in [-0.25, -0.2) is 4.98 Å². The number of nitrogens with zero attached hydrogens (tertiary/aromatic N) is 2. The molecule has 3 aromatic carbocycles. The van der Waals surface area contributed by atoms with Crippen molar-refractivity contribution in [3.05, 3.63) is 89.6 Å². The number of nitrogens with one attached hydrogen (secondary N) is 1. The number of imidazole rings is 1. The van der Waals surface area contributed by atoms with Gasteiger partial charge in [0.15, 0.2) is 0 Å². The highest BCUT2D eigenvalue weighted by Gasteiger charge is 2.30. The minimum Gasteiger partial charge on any atom is -0.496 e. The number of aromatic amines is 1. The third kappa shape index (κ3) is 4.99. The standard InChI is InChI=1S/C25H18F3N3O2/c1-32-23-12-20(33-15-17-7-5-16(13-29)6-8-17)9-10-21(23)22-14-30-24(31-22)18-3-2-4-19(11-18)25(26,27)28/h2-12,14H,15H2,1H3,(H,30,31). The Morgan fingerprint density at radius 2 is 1.82 bits per heavy atom. The summed E-state index contributed by atoms with van der Waals surface area (Å²) in [6, 6.07) is 19.4. The Bertz CT molecular complexity index is 1310. The van der Waals surface area contributed by atoms with Gasteiger partial charge >= 0.3 is 6.18 Å². The Hall–Kier alpha value is -4.25. The molecule has 0 fully saturated rings. The van der Waals surface area contributed by atoms with E-state index in [9.17, 15) is 13.2 Å². The zero-order chi connectivity index (χ0) is 23.4. The van der Waals surface area contributed by atoms with Crippen LogP contribution in [-0.2, 0) is 12.8 Å². The van der Waals surface area contributed by atoms with Gasteiger partial charge in [-0.2, -0.15) is 18.4 Å². The lowest BCUT2D eigenvalue weighted by Gasteiger charge is -2.11. The Morgan fingerprint density at radius 1 is 1.03 bits per heavy atom. The lowest BCUT2D eigenvalue weighted by atomic mass is 10.1. The van der Waals surface area contributed by atoms with E-state index in [0.29, 0.717) is 46.3 Å². The molecule has 0 unspecified atom stereocenters. The molecule has 0 radical (unpaired) electrons. The van der Waals surface area contributed by atoms with Crippen molar-refractivity contribution in [1.29, 1.82) is 5.26 Å². The fraction of sp³-hybridized carbons (Fsp3) is 0.120. The fourth-order valence-electron chi connectivity index (χ4n) is 3.27. The van der Waals surface area contributed by atoms with Crippen LogP contribution in [0.3, 0.4) is 0 Å². The minimum absolute atomic E-state index is 0.316. The number of nitriles is 1. The number of alkyl halides is 3. The van der Waals surface area contributed by atoms with Crippen LogP contribution in [0.5, 0.6) is 11.5 Å². The summed E-state index contributed by atoms with van der Waals surface area (Å²) in [5.74, 6) is 1.40. The van der Waals surface area contributed by atoms with Crippen LogP contribution in [0.25, 0.3) is 22.6 Å². The molecule has 0 amide bonds. The van der Waals surface area contributed by atoms with E-state index in [1.165, 1.54) is 13.2 Å². The smallest absolute Gasteiger partial charge is 0.416 e. The van der Waals surface area contributed by atoms with Crippen LogP contribution < -0.4 is 9.47 Å². The van der Waals surface area contributed by atoms with Crippen LogP contribution in [0, 0.1) is 11.3 Å². The molecule has 0 saturated heterocycles. The Kier molecular flexibility index (Phi) is 6.05. The maximum atomic E-state index is 13.0. The van der Waals surface area contributed by atoms with Crippen LogP contribution in [0.15, 0.2) is 72.9 Å². The number of aromatic nitrogens is 2. The summed E-state index contributed by atoms with van der Waals surface area (Å²) in [7, 11) is 1.52. The van der Waals surface area contributed by atoms with E-state index >= 15 is 0 Å². The summed E-state index contributed by atoms with van der Waals surface area (Å²) in [4.78, 5) is 7.38. The third-order valence-electron chi connectivity index (χ3n) is 4.98. The summed E-state index contributed by atoms with van der Waals surface area (Å²) in [6.07, 6.45) is -2.81.